The molecule has 0 N–H and O–H groups in total. The van der Waals surface area contributed by atoms with E-state index in [1.54, 1.807) is 14.0 Å². The van der Waals surface area contributed by atoms with Gasteiger partial charge in [-0.15, -0.1) is 10.2 Å². The quantitative estimate of drug-likeness (QED) is 0.681. The summed E-state index contributed by atoms with van der Waals surface area (Å²) in [4.78, 5) is 15.6. The van der Waals surface area contributed by atoms with E-state index in [9.17, 15) is 4.79 Å². The maximum Gasteiger partial charge on any atom is 0.239 e. The minimum atomic E-state index is -0.399. The van der Waals surface area contributed by atoms with Gasteiger partial charge in [0, 0.05) is 27.0 Å². The van der Waals surface area contributed by atoms with Gasteiger partial charge in [-0.25, -0.2) is 0 Å². The summed E-state index contributed by atoms with van der Waals surface area (Å²) in [5.41, 5.74) is 1.92. The lowest BCUT2D eigenvalue weighted by atomic mass is 9.90. The van der Waals surface area contributed by atoms with Gasteiger partial charge < -0.3 is 14.1 Å². The molecule has 6 nitrogen and oxygen atoms in total. The topological polar surface area (TPSA) is 68.5 Å². The van der Waals surface area contributed by atoms with Crippen LogP contribution in [0.25, 0.3) is 0 Å². The van der Waals surface area contributed by atoms with Crippen LogP contribution in [-0.2, 0) is 9.53 Å². The average Bonchev–Trinajstić information content (AvgIpc) is 3.36. The van der Waals surface area contributed by atoms with E-state index in [1.807, 2.05) is 65.6 Å². The van der Waals surface area contributed by atoms with Crippen molar-refractivity contribution < 1.29 is 13.9 Å². The minimum Gasteiger partial charge on any atom is -0.423 e. The fourth-order valence-electron chi connectivity index (χ4n) is 3.83. The summed E-state index contributed by atoms with van der Waals surface area (Å²) >= 11 is 0. The molecule has 0 unspecified atom stereocenters. The second kappa shape index (κ2) is 7.94. The predicted molar refractivity (Wildman–Crippen MR) is 104 cm³/mol. The van der Waals surface area contributed by atoms with Gasteiger partial charge in [-0.1, -0.05) is 60.7 Å². The smallest absolute Gasteiger partial charge is 0.239 e. The molecule has 0 aliphatic carbocycles. The van der Waals surface area contributed by atoms with Crippen LogP contribution in [0.15, 0.2) is 65.1 Å². The molecule has 2 atom stereocenters. The van der Waals surface area contributed by atoms with Crippen LogP contribution in [-0.4, -0.2) is 40.8 Å². The van der Waals surface area contributed by atoms with E-state index < -0.39 is 5.92 Å². The molecule has 0 radical (unpaired) electrons. The number of aryl methyl sites for hydroxylation is 1. The van der Waals surface area contributed by atoms with E-state index in [0.717, 1.165) is 11.1 Å². The zero-order chi connectivity index (χ0) is 19.5. The van der Waals surface area contributed by atoms with Gasteiger partial charge in [-0.05, 0) is 11.1 Å². The number of nitrogens with zero attached hydrogens (tertiary/aromatic N) is 3. The molecule has 28 heavy (non-hydrogen) atoms. The Morgan fingerprint density at radius 2 is 1.68 bits per heavy atom. The molecule has 4 rings (SSSR count). The van der Waals surface area contributed by atoms with Crippen molar-refractivity contribution >= 4 is 5.91 Å². The van der Waals surface area contributed by atoms with E-state index in [1.165, 1.54) is 0 Å². The first-order valence-corrected chi connectivity index (χ1v) is 9.40. The standard InChI is InChI=1S/C22H23N3O3/c1-15-23-24-21(28-15)19-13-18(27-2)14-25(19)22(26)20(16-9-5-3-6-10-16)17-11-7-4-8-12-17/h3-12,18-20H,13-14H2,1-2H3/t18-,19+/m0/s1. The molecule has 1 amide bonds. The van der Waals surface area contributed by atoms with Gasteiger partial charge in [0.05, 0.1) is 12.0 Å². The molecule has 144 valence electrons. The maximum atomic E-state index is 13.8. The minimum absolute atomic E-state index is 0.0119. The van der Waals surface area contributed by atoms with Gasteiger partial charge in [0.25, 0.3) is 0 Å². The highest BCUT2D eigenvalue weighted by atomic mass is 16.5. The van der Waals surface area contributed by atoms with Crippen molar-refractivity contribution in [1.82, 2.24) is 15.1 Å². The lowest BCUT2D eigenvalue weighted by Gasteiger charge is -2.27. The molecule has 0 bridgehead atoms. The van der Waals surface area contributed by atoms with E-state index in [2.05, 4.69) is 10.2 Å². The number of carbonyl (C=O) groups is 1. The number of ether oxygens (including phenoxy) is 1. The van der Waals surface area contributed by atoms with Crippen LogP contribution in [0.1, 0.15) is 41.3 Å². The molecule has 6 heteroatoms. The highest BCUT2D eigenvalue weighted by molar-refractivity contribution is 5.87. The third kappa shape index (κ3) is 3.55. The number of carbonyl (C=O) groups excluding carboxylic acids is 1. The maximum absolute atomic E-state index is 13.8. The first kappa shape index (κ1) is 18.4. The van der Waals surface area contributed by atoms with Gasteiger partial charge in [0.15, 0.2) is 0 Å². The predicted octanol–water partition coefficient (Wildman–Crippen LogP) is 3.50. The summed E-state index contributed by atoms with van der Waals surface area (Å²) in [6.07, 6.45) is 0.577. The number of methoxy groups -OCH3 is 1. The fourth-order valence-corrected chi connectivity index (χ4v) is 3.83. The Balaban J connectivity index is 1.72. The highest BCUT2D eigenvalue weighted by Gasteiger charge is 2.42. The number of likely N-dealkylation sites (tertiary alicyclic amines) is 1. The van der Waals surface area contributed by atoms with Crippen molar-refractivity contribution in [2.24, 2.45) is 0 Å². The normalized spacial score (nSPS) is 19.3. The van der Waals surface area contributed by atoms with Gasteiger partial charge in [0.2, 0.25) is 17.7 Å². The number of aromatic nitrogens is 2. The van der Waals surface area contributed by atoms with Gasteiger partial charge in [0.1, 0.15) is 6.04 Å². The molecule has 0 spiro atoms. The second-order valence-electron chi connectivity index (χ2n) is 7.01. The number of benzene rings is 2. The molecule has 1 aliphatic heterocycles. The second-order valence-corrected chi connectivity index (χ2v) is 7.01. The van der Waals surface area contributed by atoms with Crippen molar-refractivity contribution in [3.8, 4) is 0 Å². The summed E-state index contributed by atoms with van der Waals surface area (Å²) in [7, 11) is 1.67. The first-order valence-electron chi connectivity index (χ1n) is 9.40. The van der Waals surface area contributed by atoms with E-state index in [0.29, 0.717) is 24.7 Å². The molecule has 1 aliphatic rings. The lowest BCUT2D eigenvalue weighted by molar-refractivity contribution is -0.133. The Morgan fingerprint density at radius 3 is 2.18 bits per heavy atom. The summed E-state index contributed by atoms with van der Waals surface area (Å²) in [6, 6.07) is 19.4. The first-order chi connectivity index (χ1) is 13.7. The highest BCUT2D eigenvalue weighted by Crippen LogP contribution is 2.37. The van der Waals surface area contributed by atoms with Gasteiger partial charge in [-0.3, -0.25) is 4.79 Å². The van der Waals surface area contributed by atoms with E-state index >= 15 is 0 Å². The summed E-state index contributed by atoms with van der Waals surface area (Å²) in [5.74, 6) is 0.568. The van der Waals surface area contributed by atoms with Crippen molar-refractivity contribution in [2.45, 2.75) is 31.4 Å². The summed E-state index contributed by atoms with van der Waals surface area (Å²) < 4.78 is 11.2. The molecular formula is C22H23N3O3. The Labute approximate surface area is 164 Å². The third-order valence-electron chi connectivity index (χ3n) is 5.22. The third-order valence-corrected chi connectivity index (χ3v) is 5.22. The molecule has 1 saturated heterocycles. The van der Waals surface area contributed by atoms with Crippen LogP contribution in [0.5, 0.6) is 0 Å². The lowest BCUT2D eigenvalue weighted by Crippen LogP contribution is -2.36. The Morgan fingerprint density at radius 1 is 1.07 bits per heavy atom. The number of amides is 1. The monoisotopic (exact) mass is 377 g/mol. The van der Waals surface area contributed by atoms with E-state index in [-0.39, 0.29) is 18.1 Å². The average molecular weight is 377 g/mol. The SMILES string of the molecule is CO[C@H]1C[C@H](c2nnc(C)o2)N(C(=O)C(c2ccccc2)c2ccccc2)C1. The molecule has 1 fully saturated rings. The van der Waals surface area contributed by atoms with Crippen LogP contribution in [0.4, 0.5) is 0 Å². The van der Waals surface area contributed by atoms with Crippen LogP contribution in [0.3, 0.4) is 0 Å². The molecule has 2 heterocycles. The molecule has 0 saturated carbocycles. The van der Waals surface area contributed by atoms with Crippen molar-refractivity contribution in [1.29, 1.82) is 0 Å². The Hall–Kier alpha value is -2.99. The largest absolute Gasteiger partial charge is 0.423 e. The van der Waals surface area contributed by atoms with Crippen LogP contribution < -0.4 is 0 Å². The van der Waals surface area contributed by atoms with Crippen molar-refractivity contribution in [3.05, 3.63) is 83.6 Å². The fraction of sp³-hybridized carbons (Fsp3) is 0.318. The van der Waals surface area contributed by atoms with Crippen LogP contribution in [0, 0.1) is 6.92 Å². The van der Waals surface area contributed by atoms with Crippen molar-refractivity contribution in [2.75, 3.05) is 13.7 Å². The number of hydrogen-bond donors (Lipinski definition) is 0. The van der Waals surface area contributed by atoms with Gasteiger partial charge >= 0.3 is 0 Å². The zero-order valence-electron chi connectivity index (χ0n) is 16.0. The van der Waals surface area contributed by atoms with Crippen LogP contribution in [0.2, 0.25) is 0 Å². The number of rotatable bonds is 5. The van der Waals surface area contributed by atoms with Crippen molar-refractivity contribution in [3.63, 3.8) is 0 Å². The van der Waals surface area contributed by atoms with Crippen LogP contribution >= 0.6 is 0 Å². The molecule has 1 aromatic heterocycles. The molecule has 3 aromatic rings. The zero-order valence-corrected chi connectivity index (χ0v) is 16.0. The Kier molecular flexibility index (Phi) is 5.21. The number of hydrogen-bond acceptors (Lipinski definition) is 5. The Bertz CT molecular complexity index is 887. The molecular weight excluding hydrogens is 354 g/mol. The summed E-state index contributed by atoms with van der Waals surface area (Å²) in [6.45, 7) is 2.25. The van der Waals surface area contributed by atoms with E-state index in [4.69, 9.17) is 9.15 Å². The molecule has 2 aromatic carbocycles. The van der Waals surface area contributed by atoms with Gasteiger partial charge in [-0.2, -0.15) is 0 Å². The summed E-state index contributed by atoms with van der Waals surface area (Å²) in [5, 5.41) is 8.11.